The van der Waals surface area contributed by atoms with Gasteiger partial charge in [-0.2, -0.15) is 0 Å². The minimum atomic E-state index is -1.43. The fourth-order valence-electron chi connectivity index (χ4n) is 3.07. The summed E-state index contributed by atoms with van der Waals surface area (Å²) in [6.07, 6.45) is -0.748. The van der Waals surface area contributed by atoms with Gasteiger partial charge in [0, 0.05) is 6.42 Å². The third kappa shape index (κ3) is 6.70. The average Bonchev–Trinajstić information content (AvgIpc) is 2.72. The number of hydrogen-bond acceptors (Lipinski definition) is 5. The largest absolute Gasteiger partial charge is 0.480 e. The van der Waals surface area contributed by atoms with E-state index in [1.54, 1.807) is 54.6 Å². The van der Waals surface area contributed by atoms with Crippen LogP contribution in [0, 0.1) is 5.92 Å². The number of benzene rings is 2. The highest BCUT2D eigenvalue weighted by molar-refractivity contribution is 5.99. The lowest BCUT2D eigenvalue weighted by molar-refractivity contribution is -0.149. The van der Waals surface area contributed by atoms with Crippen LogP contribution >= 0.6 is 0 Å². The Labute approximate surface area is 176 Å². The molecule has 2 aromatic carbocycles. The second-order valence-corrected chi connectivity index (χ2v) is 7.53. The highest BCUT2D eigenvalue weighted by Gasteiger charge is 2.38. The highest BCUT2D eigenvalue weighted by Crippen LogP contribution is 2.16. The molecule has 2 aromatic rings. The summed E-state index contributed by atoms with van der Waals surface area (Å²) in [5.41, 5.74) is 7.40. The first kappa shape index (κ1) is 23.1. The first-order chi connectivity index (χ1) is 14.3. The topological polar surface area (TPSA) is 110 Å². The molecule has 2 rings (SSSR count). The maximum atomic E-state index is 13.0. The number of nitrogens with zero attached hydrogens (tertiary/aromatic N) is 1. The summed E-state index contributed by atoms with van der Waals surface area (Å²) >= 11 is 0. The summed E-state index contributed by atoms with van der Waals surface area (Å²) in [6.45, 7) is 3.70. The van der Waals surface area contributed by atoms with Crippen molar-refractivity contribution in [2.24, 2.45) is 11.7 Å². The Balaban J connectivity index is 2.28. The van der Waals surface area contributed by atoms with Crippen molar-refractivity contribution in [3.05, 3.63) is 71.8 Å². The van der Waals surface area contributed by atoms with E-state index < -0.39 is 30.1 Å². The number of imide groups is 1. The molecule has 160 valence electrons. The summed E-state index contributed by atoms with van der Waals surface area (Å²) < 4.78 is 5.28. The van der Waals surface area contributed by atoms with Crippen molar-refractivity contribution in [2.45, 2.75) is 45.4 Å². The predicted octanol–water partition coefficient (Wildman–Crippen LogP) is 3.22. The molecule has 2 atom stereocenters. The van der Waals surface area contributed by atoms with Gasteiger partial charge in [0.25, 0.3) is 0 Å². The number of aliphatic carboxylic acids is 1. The number of carbonyl (C=O) groups is 3. The second-order valence-electron chi connectivity index (χ2n) is 7.53. The van der Waals surface area contributed by atoms with E-state index in [-0.39, 0.29) is 18.9 Å². The number of carboxylic acid groups (broad SMARTS) is 1. The minimum absolute atomic E-state index is 0.0449. The van der Waals surface area contributed by atoms with E-state index >= 15 is 0 Å². The van der Waals surface area contributed by atoms with Gasteiger partial charge < -0.3 is 15.6 Å². The molecule has 0 saturated heterocycles. The van der Waals surface area contributed by atoms with Gasteiger partial charge in [0.1, 0.15) is 12.6 Å². The summed E-state index contributed by atoms with van der Waals surface area (Å²) in [5, 5.41) is 9.81. The van der Waals surface area contributed by atoms with Crippen LogP contribution in [0.2, 0.25) is 0 Å². The zero-order valence-electron chi connectivity index (χ0n) is 17.2. The zero-order valence-corrected chi connectivity index (χ0v) is 17.2. The number of amides is 2. The number of ether oxygens (including phenoxy) is 1. The Morgan fingerprint density at radius 1 is 0.967 bits per heavy atom. The van der Waals surface area contributed by atoms with E-state index in [0.29, 0.717) is 16.9 Å². The van der Waals surface area contributed by atoms with E-state index in [1.165, 1.54) is 0 Å². The third-order valence-corrected chi connectivity index (χ3v) is 4.55. The van der Waals surface area contributed by atoms with Crippen molar-refractivity contribution in [1.82, 2.24) is 4.90 Å². The zero-order chi connectivity index (χ0) is 22.1. The van der Waals surface area contributed by atoms with E-state index in [4.69, 9.17) is 10.5 Å². The quantitative estimate of drug-likeness (QED) is 0.654. The molecule has 0 bridgehead atoms. The van der Waals surface area contributed by atoms with Crippen LogP contribution in [0.25, 0.3) is 0 Å². The monoisotopic (exact) mass is 412 g/mol. The molecule has 0 radical (unpaired) electrons. The van der Waals surface area contributed by atoms with Crippen LogP contribution in [0.3, 0.4) is 0 Å². The van der Waals surface area contributed by atoms with Crippen LogP contribution in [-0.4, -0.2) is 40.1 Å². The van der Waals surface area contributed by atoms with Gasteiger partial charge in [0.2, 0.25) is 5.91 Å². The van der Waals surface area contributed by atoms with Gasteiger partial charge in [-0.05, 0) is 23.5 Å². The maximum absolute atomic E-state index is 13.0. The summed E-state index contributed by atoms with van der Waals surface area (Å²) in [4.78, 5) is 38.5. The molecule has 0 aliphatic carbocycles. The molecular weight excluding hydrogens is 384 g/mol. The summed E-state index contributed by atoms with van der Waals surface area (Å²) in [7, 11) is 0. The fourth-order valence-corrected chi connectivity index (χ4v) is 3.07. The average molecular weight is 412 g/mol. The van der Waals surface area contributed by atoms with E-state index in [1.807, 2.05) is 19.9 Å². The van der Waals surface area contributed by atoms with Gasteiger partial charge in [-0.1, -0.05) is 74.5 Å². The molecule has 0 aliphatic rings. The Morgan fingerprint density at radius 2 is 1.50 bits per heavy atom. The number of carboxylic acids is 1. The molecule has 0 spiro atoms. The van der Waals surface area contributed by atoms with Gasteiger partial charge in [-0.3, -0.25) is 4.79 Å². The van der Waals surface area contributed by atoms with Crippen LogP contribution in [0.15, 0.2) is 60.7 Å². The first-order valence-corrected chi connectivity index (χ1v) is 9.85. The molecule has 30 heavy (non-hydrogen) atoms. The Hall–Kier alpha value is -3.19. The lowest BCUT2D eigenvalue weighted by Crippen LogP contribution is -2.55. The third-order valence-electron chi connectivity index (χ3n) is 4.55. The molecule has 0 fully saturated rings. The normalized spacial score (nSPS) is 12.8. The van der Waals surface area contributed by atoms with E-state index in [9.17, 15) is 19.5 Å². The van der Waals surface area contributed by atoms with Crippen molar-refractivity contribution < 1.29 is 24.2 Å². The SMILES string of the molecule is CC(C)CC(N)C(=O)N(C(=O)OCc1ccccc1)C(Cc1ccccc1)C(=O)O. The smallest absolute Gasteiger partial charge is 0.417 e. The van der Waals surface area contributed by atoms with Crippen LogP contribution in [-0.2, 0) is 27.4 Å². The molecule has 7 nitrogen and oxygen atoms in total. The van der Waals surface area contributed by atoms with Gasteiger partial charge in [0.05, 0.1) is 6.04 Å². The fraction of sp³-hybridized carbons (Fsp3) is 0.348. The standard InChI is InChI=1S/C23H28N2O5/c1-16(2)13-19(24)21(26)25(23(29)30-15-18-11-7-4-8-12-18)20(22(27)28)14-17-9-5-3-6-10-17/h3-12,16,19-20H,13-15,24H2,1-2H3,(H,27,28). The molecule has 0 saturated carbocycles. The van der Waals surface area contributed by atoms with Crippen molar-refractivity contribution >= 4 is 18.0 Å². The summed E-state index contributed by atoms with van der Waals surface area (Å²) in [6, 6.07) is 15.3. The number of hydrogen-bond donors (Lipinski definition) is 2. The molecule has 0 aromatic heterocycles. The minimum Gasteiger partial charge on any atom is -0.480 e. The van der Waals surface area contributed by atoms with Crippen LogP contribution in [0.1, 0.15) is 31.4 Å². The molecule has 2 unspecified atom stereocenters. The van der Waals surface area contributed by atoms with Gasteiger partial charge >= 0.3 is 12.1 Å². The van der Waals surface area contributed by atoms with Crippen molar-refractivity contribution in [1.29, 1.82) is 0 Å². The highest BCUT2D eigenvalue weighted by atomic mass is 16.6. The second kappa shape index (κ2) is 11.1. The Kier molecular flexibility index (Phi) is 8.55. The van der Waals surface area contributed by atoms with Crippen LogP contribution in [0.4, 0.5) is 4.79 Å². The molecule has 0 aliphatic heterocycles. The molecular formula is C23H28N2O5. The number of rotatable bonds is 9. The Morgan fingerprint density at radius 3 is 2.00 bits per heavy atom. The van der Waals surface area contributed by atoms with Crippen molar-refractivity contribution in [3.8, 4) is 0 Å². The first-order valence-electron chi connectivity index (χ1n) is 9.85. The van der Waals surface area contributed by atoms with Crippen molar-refractivity contribution in [3.63, 3.8) is 0 Å². The van der Waals surface area contributed by atoms with Crippen LogP contribution < -0.4 is 5.73 Å². The number of nitrogens with two attached hydrogens (primary N) is 1. The molecule has 7 heteroatoms. The van der Waals surface area contributed by atoms with Gasteiger partial charge in [-0.15, -0.1) is 0 Å². The molecule has 3 N–H and O–H groups in total. The van der Waals surface area contributed by atoms with Crippen molar-refractivity contribution in [2.75, 3.05) is 0 Å². The van der Waals surface area contributed by atoms with E-state index in [2.05, 4.69) is 0 Å². The predicted molar refractivity (Wildman–Crippen MR) is 112 cm³/mol. The van der Waals surface area contributed by atoms with Crippen LogP contribution in [0.5, 0.6) is 0 Å². The molecule has 0 heterocycles. The number of carbonyl (C=O) groups excluding carboxylic acids is 2. The summed E-state index contributed by atoms with van der Waals surface area (Å²) in [5.74, 6) is -1.96. The molecule has 2 amide bonds. The lowest BCUT2D eigenvalue weighted by Gasteiger charge is -2.29. The Bertz CT molecular complexity index is 839. The lowest BCUT2D eigenvalue weighted by atomic mass is 10.0. The van der Waals surface area contributed by atoms with Gasteiger partial charge in [-0.25, -0.2) is 14.5 Å². The van der Waals surface area contributed by atoms with E-state index in [0.717, 1.165) is 5.56 Å². The maximum Gasteiger partial charge on any atom is 0.417 e. The van der Waals surface area contributed by atoms with Gasteiger partial charge in [0.15, 0.2) is 0 Å².